The van der Waals surface area contributed by atoms with Crippen molar-refractivity contribution < 1.29 is 27.4 Å². The number of anilines is 1. The molecule has 0 amide bonds. The van der Waals surface area contributed by atoms with Gasteiger partial charge in [-0.1, -0.05) is 91.0 Å². The van der Waals surface area contributed by atoms with Crippen molar-refractivity contribution in [2.75, 3.05) is 37.6 Å². The molecule has 10 heteroatoms. The largest absolute Gasteiger partial charge is 0.434 e. The normalized spacial score (nSPS) is 22.6. The van der Waals surface area contributed by atoms with Gasteiger partial charge in [0, 0.05) is 38.1 Å². The van der Waals surface area contributed by atoms with Gasteiger partial charge in [0.1, 0.15) is 6.10 Å². The van der Waals surface area contributed by atoms with Crippen LogP contribution in [0.15, 0.2) is 96.4 Å². The molecule has 2 aliphatic heterocycles. The third-order valence-corrected chi connectivity index (χ3v) is 9.26. The summed E-state index contributed by atoms with van der Waals surface area (Å²) in [6, 6.07) is 30.4. The smallest absolute Gasteiger partial charge is 0.369 e. The summed E-state index contributed by atoms with van der Waals surface area (Å²) in [4.78, 5) is 8.24. The average molecular weight is 638 g/mol. The van der Waals surface area contributed by atoms with Crippen molar-refractivity contribution in [1.82, 2.24) is 9.88 Å². The van der Waals surface area contributed by atoms with Crippen LogP contribution in [-0.4, -0.2) is 60.9 Å². The van der Waals surface area contributed by atoms with Crippen LogP contribution in [0.1, 0.15) is 28.8 Å². The first-order valence-electron chi connectivity index (χ1n) is 15.4. The fraction of sp³-hybridized carbons (Fsp3) is 0.400. The minimum absolute atomic E-state index is 0.241. The fourth-order valence-electron chi connectivity index (χ4n) is 6.07. The summed E-state index contributed by atoms with van der Waals surface area (Å²) >= 11 is 1.06. The molecular formula is C35H38F3N3O3S. The lowest BCUT2D eigenvalue weighted by Crippen LogP contribution is -2.58. The molecule has 0 aliphatic carbocycles. The van der Waals surface area contributed by atoms with Gasteiger partial charge >= 0.3 is 6.18 Å². The zero-order valence-corrected chi connectivity index (χ0v) is 25.8. The molecule has 3 aromatic carbocycles. The number of thiazole rings is 1. The second kappa shape index (κ2) is 14.9. The highest BCUT2D eigenvalue weighted by molar-refractivity contribution is 7.13. The number of halogens is 3. The van der Waals surface area contributed by atoms with Gasteiger partial charge in [-0.2, -0.15) is 13.2 Å². The highest BCUT2D eigenvalue weighted by Crippen LogP contribution is 2.35. The summed E-state index contributed by atoms with van der Waals surface area (Å²) in [7, 11) is 0. The Morgan fingerprint density at radius 3 is 1.71 bits per heavy atom. The van der Waals surface area contributed by atoms with Crippen molar-refractivity contribution in [3.63, 3.8) is 0 Å². The number of likely N-dealkylation sites (tertiary alicyclic amines) is 1. The van der Waals surface area contributed by atoms with Crippen molar-refractivity contribution in [1.29, 1.82) is 0 Å². The van der Waals surface area contributed by atoms with Gasteiger partial charge in [0.2, 0.25) is 0 Å². The number of alkyl halides is 3. The van der Waals surface area contributed by atoms with E-state index in [9.17, 15) is 13.2 Å². The zero-order valence-electron chi connectivity index (χ0n) is 25.0. The van der Waals surface area contributed by atoms with Gasteiger partial charge < -0.3 is 19.1 Å². The molecule has 0 radical (unpaired) electrons. The maximum atomic E-state index is 13.2. The first-order chi connectivity index (χ1) is 21.9. The molecule has 3 heterocycles. The van der Waals surface area contributed by atoms with Gasteiger partial charge in [-0.25, -0.2) is 4.98 Å². The number of benzene rings is 3. The van der Waals surface area contributed by atoms with E-state index in [1.54, 1.807) is 0 Å². The number of hydrogen-bond donors (Lipinski definition) is 0. The number of rotatable bonds is 12. The molecule has 6 nitrogen and oxygen atoms in total. The van der Waals surface area contributed by atoms with Gasteiger partial charge in [0.05, 0.1) is 32.0 Å². The Kier molecular flexibility index (Phi) is 10.5. The molecule has 238 valence electrons. The molecule has 2 aliphatic rings. The van der Waals surface area contributed by atoms with Crippen LogP contribution in [-0.2, 0) is 40.2 Å². The Labute approximate surface area is 266 Å². The predicted octanol–water partition coefficient (Wildman–Crippen LogP) is 7.06. The summed E-state index contributed by atoms with van der Waals surface area (Å²) in [6.45, 7) is 4.85. The highest BCUT2D eigenvalue weighted by atomic mass is 32.1. The summed E-state index contributed by atoms with van der Waals surface area (Å²) in [6.07, 6.45) is -4.31. The van der Waals surface area contributed by atoms with E-state index in [0.717, 1.165) is 46.4 Å². The van der Waals surface area contributed by atoms with Crippen LogP contribution < -0.4 is 4.90 Å². The Bertz CT molecular complexity index is 1410. The minimum atomic E-state index is -4.43. The van der Waals surface area contributed by atoms with Crippen molar-refractivity contribution in [3.05, 3.63) is 119 Å². The van der Waals surface area contributed by atoms with Crippen molar-refractivity contribution >= 4 is 16.5 Å². The van der Waals surface area contributed by atoms with Gasteiger partial charge in [-0.3, -0.25) is 4.90 Å². The lowest BCUT2D eigenvalue weighted by Gasteiger charge is -2.43. The molecule has 4 atom stereocenters. The van der Waals surface area contributed by atoms with E-state index in [1.165, 1.54) is 0 Å². The second-order valence-corrected chi connectivity index (χ2v) is 12.6. The Morgan fingerprint density at radius 1 is 0.711 bits per heavy atom. The first kappa shape index (κ1) is 31.7. The highest BCUT2D eigenvalue weighted by Gasteiger charge is 2.41. The zero-order chi connectivity index (χ0) is 31.1. The number of ether oxygens (including phenoxy) is 3. The van der Waals surface area contributed by atoms with Gasteiger partial charge in [-0.05, 0) is 29.0 Å². The quantitative estimate of drug-likeness (QED) is 0.166. The standard InChI is InChI=1S/C35H38F3N3O3S/c36-35(37,38)32-25-45-34(39-32)41-17-16-29(19-41)18-40-20-30(42-22-26-10-4-1-5-11-26)33(44-24-28-14-8-3-9-15-28)31(21-40)43-23-27-12-6-2-7-13-27/h1-15,25,29-31,33H,16-24H2/t29-,30-,31+,33?/m0/s1. The summed E-state index contributed by atoms with van der Waals surface area (Å²) in [5, 5.41) is 1.54. The third-order valence-electron chi connectivity index (χ3n) is 8.36. The van der Waals surface area contributed by atoms with Crippen molar-refractivity contribution in [2.24, 2.45) is 5.92 Å². The SMILES string of the molecule is FC(F)(F)c1csc(N2CC[C@@H](CN3C[C@H](OCc4ccccc4)C(OCc4ccccc4)[C@H](OCc4ccccc4)C3)C2)n1. The topological polar surface area (TPSA) is 47.1 Å². The van der Waals surface area contributed by atoms with E-state index < -0.39 is 11.9 Å². The number of piperidine rings is 1. The molecule has 0 saturated carbocycles. The van der Waals surface area contributed by atoms with Crippen molar-refractivity contribution in [3.8, 4) is 0 Å². The molecule has 0 spiro atoms. The van der Waals surface area contributed by atoms with Gasteiger partial charge in [0.25, 0.3) is 0 Å². The molecule has 6 rings (SSSR count). The maximum absolute atomic E-state index is 13.2. The monoisotopic (exact) mass is 637 g/mol. The molecule has 1 unspecified atom stereocenters. The number of nitrogens with zero attached hydrogens (tertiary/aromatic N) is 3. The molecule has 0 bridgehead atoms. The molecular weight excluding hydrogens is 599 g/mol. The molecule has 45 heavy (non-hydrogen) atoms. The summed E-state index contributed by atoms with van der Waals surface area (Å²) in [5.41, 5.74) is 2.45. The lowest BCUT2D eigenvalue weighted by atomic mass is 9.98. The van der Waals surface area contributed by atoms with E-state index in [2.05, 4.69) is 46.3 Å². The average Bonchev–Trinajstić information content (AvgIpc) is 3.74. The van der Waals surface area contributed by atoms with E-state index in [1.807, 2.05) is 59.5 Å². The second-order valence-electron chi connectivity index (χ2n) is 11.8. The van der Waals surface area contributed by atoms with E-state index in [4.69, 9.17) is 14.2 Å². The van der Waals surface area contributed by atoms with Crippen LogP contribution in [0, 0.1) is 5.92 Å². The Balaban J connectivity index is 1.17. The maximum Gasteiger partial charge on any atom is 0.434 e. The van der Waals surface area contributed by atoms with Crippen LogP contribution in [0.25, 0.3) is 0 Å². The van der Waals surface area contributed by atoms with E-state index in [-0.39, 0.29) is 24.2 Å². The van der Waals surface area contributed by atoms with Crippen LogP contribution in [0.5, 0.6) is 0 Å². The van der Waals surface area contributed by atoms with E-state index in [0.29, 0.717) is 51.1 Å². The first-order valence-corrected chi connectivity index (χ1v) is 16.3. The fourth-order valence-corrected chi connectivity index (χ4v) is 6.94. The summed E-state index contributed by atoms with van der Waals surface area (Å²) < 4.78 is 59.3. The number of hydrogen-bond acceptors (Lipinski definition) is 7. The van der Waals surface area contributed by atoms with Crippen LogP contribution in [0.3, 0.4) is 0 Å². The Morgan fingerprint density at radius 2 is 1.22 bits per heavy atom. The molecule has 0 N–H and O–H groups in total. The van der Waals surface area contributed by atoms with Crippen molar-refractivity contribution in [2.45, 2.75) is 50.7 Å². The Hall–Kier alpha value is -3.28. The molecule has 2 fully saturated rings. The van der Waals surface area contributed by atoms with Crippen LogP contribution in [0.2, 0.25) is 0 Å². The molecule has 2 saturated heterocycles. The van der Waals surface area contributed by atoms with Gasteiger partial charge in [0.15, 0.2) is 10.8 Å². The minimum Gasteiger partial charge on any atom is -0.369 e. The van der Waals surface area contributed by atoms with E-state index >= 15 is 0 Å². The third kappa shape index (κ3) is 8.71. The number of aromatic nitrogens is 1. The van der Waals surface area contributed by atoms with Crippen LogP contribution >= 0.6 is 11.3 Å². The molecule has 4 aromatic rings. The predicted molar refractivity (Wildman–Crippen MR) is 169 cm³/mol. The lowest BCUT2D eigenvalue weighted by molar-refractivity contribution is -0.185. The van der Waals surface area contributed by atoms with Crippen LogP contribution in [0.4, 0.5) is 18.3 Å². The van der Waals surface area contributed by atoms with Gasteiger partial charge in [-0.15, -0.1) is 11.3 Å². The summed E-state index contributed by atoms with van der Waals surface area (Å²) in [5.74, 6) is 0.287. The molecule has 1 aromatic heterocycles.